The minimum atomic E-state index is -3.53. The van der Waals surface area contributed by atoms with Gasteiger partial charge in [0.1, 0.15) is 6.11 Å². The SMILES string of the molecule is CC#COc1ccc(S(=O)(=O)N2CCC(S)C2)nc1. The Morgan fingerprint density at radius 1 is 1.53 bits per heavy atom. The van der Waals surface area contributed by atoms with E-state index >= 15 is 0 Å². The molecule has 5 nitrogen and oxygen atoms in total. The van der Waals surface area contributed by atoms with Gasteiger partial charge in [-0.05, 0) is 18.6 Å². The molecule has 0 saturated carbocycles. The molecule has 0 radical (unpaired) electrons. The summed E-state index contributed by atoms with van der Waals surface area (Å²) < 4.78 is 31.0. The van der Waals surface area contributed by atoms with Gasteiger partial charge in [0, 0.05) is 25.3 Å². The van der Waals surface area contributed by atoms with Crippen LogP contribution in [-0.2, 0) is 10.0 Å². The normalized spacial score (nSPS) is 19.8. The number of hydrogen-bond donors (Lipinski definition) is 1. The number of hydrogen-bond acceptors (Lipinski definition) is 5. The second-order valence-corrected chi connectivity index (χ2v) is 6.71. The Morgan fingerprint density at radius 2 is 2.32 bits per heavy atom. The van der Waals surface area contributed by atoms with Crippen LogP contribution in [0.3, 0.4) is 0 Å². The maximum absolute atomic E-state index is 12.3. The zero-order valence-corrected chi connectivity index (χ0v) is 12.1. The van der Waals surface area contributed by atoms with Crippen LogP contribution in [0.1, 0.15) is 13.3 Å². The van der Waals surface area contributed by atoms with E-state index in [-0.39, 0.29) is 10.3 Å². The number of thiol groups is 1. The molecule has 1 aliphatic heterocycles. The third-order valence-corrected chi connectivity index (χ3v) is 4.91. The van der Waals surface area contributed by atoms with E-state index in [1.807, 2.05) is 0 Å². The lowest BCUT2D eigenvalue weighted by molar-refractivity contribution is 0.474. The highest BCUT2D eigenvalue weighted by Crippen LogP contribution is 2.23. The van der Waals surface area contributed by atoms with E-state index in [0.717, 1.165) is 6.42 Å². The van der Waals surface area contributed by atoms with Crippen molar-refractivity contribution in [2.45, 2.75) is 23.6 Å². The average Bonchev–Trinajstić information content (AvgIpc) is 2.84. The second-order valence-electron chi connectivity index (χ2n) is 4.09. The molecular formula is C12H14N2O3S2. The number of pyridine rings is 1. The Morgan fingerprint density at radius 3 is 2.84 bits per heavy atom. The maximum atomic E-state index is 12.3. The average molecular weight is 298 g/mol. The molecule has 1 aromatic heterocycles. The van der Waals surface area contributed by atoms with E-state index in [0.29, 0.717) is 18.8 Å². The summed E-state index contributed by atoms with van der Waals surface area (Å²) in [5.74, 6) is 2.99. The maximum Gasteiger partial charge on any atom is 0.260 e. The lowest BCUT2D eigenvalue weighted by Crippen LogP contribution is -2.29. The largest absolute Gasteiger partial charge is 0.406 e. The molecule has 2 heterocycles. The van der Waals surface area contributed by atoms with Crippen molar-refractivity contribution in [1.82, 2.24) is 9.29 Å². The van der Waals surface area contributed by atoms with E-state index in [9.17, 15) is 8.42 Å². The minimum Gasteiger partial charge on any atom is -0.406 e. The number of ether oxygens (including phenoxy) is 1. The molecular weight excluding hydrogens is 284 g/mol. The van der Waals surface area contributed by atoms with Crippen molar-refractivity contribution >= 4 is 22.7 Å². The van der Waals surface area contributed by atoms with Crippen molar-refractivity contribution in [2.24, 2.45) is 0 Å². The summed E-state index contributed by atoms with van der Waals surface area (Å²) in [6, 6.07) is 2.96. The van der Waals surface area contributed by atoms with Crippen molar-refractivity contribution in [3.63, 3.8) is 0 Å². The van der Waals surface area contributed by atoms with Crippen LogP contribution in [0, 0.1) is 12.0 Å². The van der Waals surface area contributed by atoms with Gasteiger partial charge >= 0.3 is 0 Å². The molecule has 0 bridgehead atoms. The molecule has 102 valence electrons. The first-order valence-electron chi connectivity index (χ1n) is 5.77. The summed E-state index contributed by atoms with van der Waals surface area (Å²) in [7, 11) is -3.53. The fourth-order valence-electron chi connectivity index (χ4n) is 1.75. The first-order valence-corrected chi connectivity index (χ1v) is 7.72. The molecule has 1 aliphatic rings. The lowest BCUT2D eigenvalue weighted by atomic mass is 10.4. The zero-order chi connectivity index (χ0) is 13.9. The van der Waals surface area contributed by atoms with E-state index in [1.54, 1.807) is 13.0 Å². The van der Waals surface area contributed by atoms with Crippen LogP contribution in [-0.4, -0.2) is 36.0 Å². The van der Waals surface area contributed by atoms with Crippen LogP contribution < -0.4 is 4.74 Å². The zero-order valence-electron chi connectivity index (χ0n) is 10.4. The van der Waals surface area contributed by atoms with Gasteiger partial charge in [-0.15, -0.1) is 0 Å². The summed E-state index contributed by atoms with van der Waals surface area (Å²) in [6.07, 6.45) is 4.54. The fraction of sp³-hybridized carbons (Fsp3) is 0.417. The van der Waals surface area contributed by atoms with Crippen LogP contribution in [0.5, 0.6) is 5.75 Å². The molecule has 0 N–H and O–H groups in total. The Balaban J connectivity index is 2.18. The van der Waals surface area contributed by atoms with Gasteiger partial charge in [-0.25, -0.2) is 13.4 Å². The van der Waals surface area contributed by atoms with Crippen molar-refractivity contribution in [3.05, 3.63) is 18.3 Å². The fourth-order valence-corrected chi connectivity index (χ4v) is 3.59. The molecule has 2 rings (SSSR count). The summed E-state index contributed by atoms with van der Waals surface area (Å²) in [5, 5.41) is 0.115. The highest BCUT2D eigenvalue weighted by molar-refractivity contribution is 7.89. The van der Waals surface area contributed by atoms with Crippen LogP contribution in [0.4, 0.5) is 0 Å². The smallest absolute Gasteiger partial charge is 0.260 e. The molecule has 19 heavy (non-hydrogen) atoms. The first-order chi connectivity index (χ1) is 9.04. The van der Waals surface area contributed by atoms with Gasteiger partial charge in [0.15, 0.2) is 10.8 Å². The van der Waals surface area contributed by atoms with Gasteiger partial charge in [-0.3, -0.25) is 0 Å². The molecule has 0 amide bonds. The molecule has 7 heteroatoms. The summed E-state index contributed by atoms with van der Waals surface area (Å²) in [4.78, 5) is 3.93. The lowest BCUT2D eigenvalue weighted by Gasteiger charge is -2.14. The predicted molar refractivity (Wildman–Crippen MR) is 74.5 cm³/mol. The first kappa shape index (κ1) is 14.2. The second kappa shape index (κ2) is 5.82. The summed E-state index contributed by atoms with van der Waals surface area (Å²) in [5.41, 5.74) is 0. The Kier molecular flexibility index (Phi) is 4.34. The highest BCUT2D eigenvalue weighted by atomic mass is 32.2. The Bertz CT molecular complexity index is 602. The van der Waals surface area contributed by atoms with Crippen LogP contribution in [0.15, 0.2) is 23.4 Å². The molecule has 0 spiro atoms. The third-order valence-electron chi connectivity index (χ3n) is 2.71. The molecule has 1 fully saturated rings. The number of rotatable bonds is 3. The summed E-state index contributed by atoms with van der Waals surface area (Å²) in [6.45, 7) is 2.55. The van der Waals surface area contributed by atoms with E-state index in [2.05, 4.69) is 29.6 Å². The summed E-state index contributed by atoms with van der Waals surface area (Å²) >= 11 is 4.29. The highest BCUT2D eigenvalue weighted by Gasteiger charge is 2.31. The number of aromatic nitrogens is 1. The quantitative estimate of drug-likeness (QED) is 0.671. The van der Waals surface area contributed by atoms with Crippen molar-refractivity contribution in [1.29, 1.82) is 0 Å². The van der Waals surface area contributed by atoms with E-state index in [1.165, 1.54) is 16.6 Å². The van der Waals surface area contributed by atoms with Crippen LogP contribution >= 0.6 is 12.6 Å². The van der Waals surface area contributed by atoms with Crippen molar-refractivity contribution in [3.8, 4) is 17.8 Å². The van der Waals surface area contributed by atoms with Gasteiger partial charge in [0.2, 0.25) is 0 Å². The molecule has 1 saturated heterocycles. The topological polar surface area (TPSA) is 59.5 Å². The Hall–Kier alpha value is -1.23. The monoisotopic (exact) mass is 298 g/mol. The third kappa shape index (κ3) is 3.21. The number of sulfonamides is 1. The predicted octanol–water partition coefficient (Wildman–Crippen LogP) is 1.13. The molecule has 0 aliphatic carbocycles. The van der Waals surface area contributed by atoms with Crippen LogP contribution in [0.25, 0.3) is 0 Å². The van der Waals surface area contributed by atoms with Gasteiger partial charge < -0.3 is 4.74 Å². The number of nitrogens with zero attached hydrogens (tertiary/aromatic N) is 2. The van der Waals surface area contributed by atoms with Crippen LogP contribution in [0.2, 0.25) is 0 Å². The molecule has 1 unspecified atom stereocenters. The van der Waals surface area contributed by atoms with Crippen molar-refractivity contribution in [2.75, 3.05) is 13.1 Å². The van der Waals surface area contributed by atoms with Gasteiger partial charge in [0.05, 0.1) is 6.20 Å². The standard InChI is InChI=1S/C12H14N2O3S2/c1-2-7-17-10-3-4-12(13-8-10)19(15,16)14-6-5-11(18)9-14/h3-4,8,11,18H,5-6,9H2,1H3. The van der Waals surface area contributed by atoms with Gasteiger partial charge in [-0.2, -0.15) is 16.9 Å². The van der Waals surface area contributed by atoms with Crippen molar-refractivity contribution < 1.29 is 13.2 Å². The van der Waals surface area contributed by atoms with E-state index < -0.39 is 10.0 Å². The van der Waals surface area contributed by atoms with E-state index in [4.69, 9.17) is 4.74 Å². The van der Waals surface area contributed by atoms with Gasteiger partial charge in [0.25, 0.3) is 10.0 Å². The minimum absolute atomic E-state index is 0.0201. The molecule has 1 atom stereocenters. The molecule has 0 aromatic carbocycles. The Labute approximate surface area is 118 Å². The molecule has 1 aromatic rings. The van der Waals surface area contributed by atoms with Gasteiger partial charge in [-0.1, -0.05) is 5.92 Å².